The van der Waals surface area contributed by atoms with Crippen molar-refractivity contribution in [2.75, 3.05) is 42.6 Å². The Labute approximate surface area is 303 Å². The molecule has 14 heteroatoms. The van der Waals surface area contributed by atoms with E-state index in [1.807, 2.05) is 57.3 Å². The molecule has 2 aromatic heterocycles. The fourth-order valence-corrected chi connectivity index (χ4v) is 6.78. The van der Waals surface area contributed by atoms with Gasteiger partial charge in [-0.25, -0.2) is 9.78 Å². The molecule has 1 atom stereocenters. The van der Waals surface area contributed by atoms with E-state index in [0.29, 0.717) is 49.7 Å². The second-order valence-electron chi connectivity index (χ2n) is 14.4. The molecule has 1 aliphatic carbocycles. The lowest BCUT2D eigenvalue weighted by atomic mass is 9.81. The molecule has 0 bridgehead atoms. The summed E-state index contributed by atoms with van der Waals surface area (Å²) in [5.74, 6) is 0.493. The van der Waals surface area contributed by atoms with Crippen LogP contribution in [-0.4, -0.2) is 88.0 Å². The van der Waals surface area contributed by atoms with Gasteiger partial charge in [0.25, 0.3) is 0 Å². The summed E-state index contributed by atoms with van der Waals surface area (Å²) in [6, 6.07) is 18.2. The predicted molar refractivity (Wildman–Crippen MR) is 196 cm³/mol. The topological polar surface area (TPSA) is 182 Å². The monoisotopic (exact) mass is 709 g/mol. The first kappa shape index (κ1) is 36.4. The average Bonchev–Trinajstić information content (AvgIpc) is 3.70. The number of benzene rings is 2. The number of tetrazole rings is 1. The van der Waals surface area contributed by atoms with Gasteiger partial charge in [-0.05, 0) is 105 Å². The standard InChI is InChI=1S/C38H47N9O5/c1-38(2,3)52-37(50)41-23-26-6-10-29(11-7-26)36(49)47(31-15-12-28(13-16-31)35-42-44-45-43-35)32(34(39)48)22-25-4-8-27(9-5-25)30-14-17-33(40-24-30)46-18-20-51-21-19-46/h4-5,8-9,12-17,24,26,29,32H,6-7,10-11,18-23H2,1-3H3,(H2,39,48)(H,41,50)(H,42,43,44,45)/t26?,29?,32-/m0/s1. The van der Waals surface area contributed by atoms with Crippen LogP contribution in [0.1, 0.15) is 52.0 Å². The molecule has 274 valence electrons. The summed E-state index contributed by atoms with van der Waals surface area (Å²) >= 11 is 0. The molecule has 3 heterocycles. The molecular weight excluding hydrogens is 662 g/mol. The fraction of sp³-hybridized carbons (Fsp3) is 0.447. The summed E-state index contributed by atoms with van der Waals surface area (Å²) < 4.78 is 10.8. The quantitative estimate of drug-likeness (QED) is 0.200. The van der Waals surface area contributed by atoms with Gasteiger partial charge in [-0.1, -0.05) is 24.3 Å². The van der Waals surface area contributed by atoms with Crippen LogP contribution in [0, 0.1) is 11.8 Å². The van der Waals surface area contributed by atoms with Crippen LogP contribution in [0.4, 0.5) is 16.3 Å². The molecule has 2 aliphatic rings. The highest BCUT2D eigenvalue weighted by molar-refractivity contribution is 6.01. The van der Waals surface area contributed by atoms with Crippen molar-refractivity contribution in [1.82, 2.24) is 30.9 Å². The molecule has 0 unspecified atom stereocenters. The third-order valence-corrected chi connectivity index (χ3v) is 9.56. The highest BCUT2D eigenvalue weighted by Gasteiger charge is 2.36. The van der Waals surface area contributed by atoms with Crippen molar-refractivity contribution in [3.8, 4) is 22.5 Å². The lowest BCUT2D eigenvalue weighted by Crippen LogP contribution is -2.52. The van der Waals surface area contributed by atoms with E-state index in [1.54, 1.807) is 29.2 Å². The Hall–Kier alpha value is -5.37. The zero-order valence-corrected chi connectivity index (χ0v) is 30.0. The van der Waals surface area contributed by atoms with Gasteiger partial charge in [0.2, 0.25) is 17.6 Å². The first-order chi connectivity index (χ1) is 25.0. The second kappa shape index (κ2) is 16.3. The molecule has 52 heavy (non-hydrogen) atoms. The highest BCUT2D eigenvalue weighted by Crippen LogP contribution is 2.33. The van der Waals surface area contributed by atoms with Crippen LogP contribution in [0.15, 0.2) is 66.9 Å². The summed E-state index contributed by atoms with van der Waals surface area (Å²) in [5.41, 5.74) is 9.61. The summed E-state index contributed by atoms with van der Waals surface area (Å²) in [6.07, 6.45) is 4.40. The number of aromatic nitrogens is 5. The summed E-state index contributed by atoms with van der Waals surface area (Å²) in [6.45, 7) is 8.99. The van der Waals surface area contributed by atoms with E-state index in [-0.39, 0.29) is 24.2 Å². The number of morpholine rings is 1. The normalized spacial score (nSPS) is 18.3. The minimum Gasteiger partial charge on any atom is -0.444 e. The number of ether oxygens (including phenoxy) is 2. The van der Waals surface area contributed by atoms with Crippen LogP contribution in [0.3, 0.4) is 0 Å². The predicted octanol–water partition coefficient (Wildman–Crippen LogP) is 4.53. The van der Waals surface area contributed by atoms with Gasteiger partial charge in [0, 0.05) is 55.0 Å². The summed E-state index contributed by atoms with van der Waals surface area (Å²) in [4.78, 5) is 48.3. The maximum Gasteiger partial charge on any atom is 0.407 e. The van der Waals surface area contributed by atoms with E-state index in [1.165, 1.54) is 0 Å². The van der Waals surface area contributed by atoms with Gasteiger partial charge in [0.05, 0.1) is 13.2 Å². The zero-order valence-electron chi connectivity index (χ0n) is 30.0. The van der Waals surface area contributed by atoms with Crippen LogP contribution < -0.4 is 20.9 Å². The molecule has 0 spiro atoms. The van der Waals surface area contributed by atoms with Crippen LogP contribution >= 0.6 is 0 Å². The fourth-order valence-electron chi connectivity index (χ4n) is 6.78. The van der Waals surface area contributed by atoms with Gasteiger partial charge in [-0.3, -0.25) is 14.5 Å². The molecule has 1 saturated carbocycles. The molecule has 6 rings (SSSR count). The number of H-pyrrole nitrogens is 1. The Balaban J connectivity index is 1.17. The first-order valence-electron chi connectivity index (χ1n) is 17.9. The lowest BCUT2D eigenvalue weighted by Gasteiger charge is -2.36. The number of carbonyl (C=O) groups excluding carboxylic acids is 3. The number of amides is 3. The minimum absolute atomic E-state index is 0.155. The van der Waals surface area contributed by atoms with E-state index in [9.17, 15) is 14.4 Å². The van der Waals surface area contributed by atoms with Crippen molar-refractivity contribution < 1.29 is 23.9 Å². The lowest BCUT2D eigenvalue weighted by molar-refractivity contribution is -0.127. The molecule has 14 nitrogen and oxygen atoms in total. The maximum absolute atomic E-state index is 14.4. The second-order valence-corrected chi connectivity index (χ2v) is 14.4. The van der Waals surface area contributed by atoms with Crippen molar-refractivity contribution >= 4 is 29.4 Å². The Kier molecular flexibility index (Phi) is 11.4. The maximum atomic E-state index is 14.4. The van der Waals surface area contributed by atoms with Gasteiger partial charge in [-0.15, -0.1) is 10.2 Å². The van der Waals surface area contributed by atoms with Gasteiger partial charge < -0.3 is 25.4 Å². The molecule has 2 fully saturated rings. The number of anilines is 2. The summed E-state index contributed by atoms with van der Waals surface area (Å²) in [7, 11) is 0. The first-order valence-corrected chi connectivity index (χ1v) is 17.9. The largest absolute Gasteiger partial charge is 0.444 e. The van der Waals surface area contributed by atoms with Crippen LogP contribution in [0.25, 0.3) is 22.5 Å². The van der Waals surface area contributed by atoms with E-state index < -0.39 is 23.6 Å². The number of hydrogen-bond acceptors (Lipinski definition) is 10. The van der Waals surface area contributed by atoms with Crippen molar-refractivity contribution in [1.29, 1.82) is 0 Å². The van der Waals surface area contributed by atoms with Gasteiger partial charge in [0.15, 0.2) is 0 Å². The van der Waals surface area contributed by atoms with E-state index >= 15 is 0 Å². The van der Waals surface area contributed by atoms with E-state index in [0.717, 1.165) is 48.4 Å². The van der Waals surface area contributed by atoms with Gasteiger partial charge >= 0.3 is 6.09 Å². The number of nitrogens with zero attached hydrogens (tertiary/aromatic N) is 6. The Morgan fingerprint density at radius 2 is 1.63 bits per heavy atom. The van der Waals surface area contributed by atoms with Crippen LogP contribution in [-0.2, 0) is 25.5 Å². The Morgan fingerprint density at radius 3 is 2.23 bits per heavy atom. The number of carbonyl (C=O) groups is 3. The van der Waals surface area contributed by atoms with E-state index in [4.69, 9.17) is 15.2 Å². The molecular formula is C38H47N9O5. The average molecular weight is 710 g/mol. The molecule has 1 aliphatic heterocycles. The molecule has 0 radical (unpaired) electrons. The number of rotatable bonds is 11. The van der Waals surface area contributed by atoms with Crippen molar-refractivity contribution in [2.24, 2.45) is 17.6 Å². The van der Waals surface area contributed by atoms with Gasteiger partial charge in [-0.2, -0.15) is 5.21 Å². The van der Waals surface area contributed by atoms with E-state index in [2.05, 4.69) is 41.9 Å². The molecule has 4 N–H and O–H groups in total. The molecule has 2 aromatic carbocycles. The van der Waals surface area contributed by atoms with Gasteiger partial charge in [0.1, 0.15) is 17.5 Å². The molecule has 3 amide bonds. The number of aromatic amines is 1. The van der Waals surface area contributed by atoms with Crippen molar-refractivity contribution in [3.63, 3.8) is 0 Å². The number of nitrogens with two attached hydrogens (primary N) is 1. The number of alkyl carbamates (subject to hydrolysis) is 1. The third-order valence-electron chi connectivity index (χ3n) is 9.56. The molecule has 4 aromatic rings. The Morgan fingerprint density at radius 1 is 0.962 bits per heavy atom. The minimum atomic E-state index is -0.935. The SMILES string of the molecule is CC(C)(C)OC(=O)NCC1CCC(C(=O)N(c2ccc(-c3nn[nH]n3)cc2)[C@@H](Cc2ccc(-c3ccc(N4CCOCC4)nc3)cc2)C(N)=O)CC1. The summed E-state index contributed by atoms with van der Waals surface area (Å²) in [5, 5.41) is 17.0. The smallest absolute Gasteiger partial charge is 0.407 e. The van der Waals surface area contributed by atoms with Crippen LogP contribution in [0.2, 0.25) is 0 Å². The van der Waals surface area contributed by atoms with Crippen LogP contribution in [0.5, 0.6) is 0 Å². The van der Waals surface area contributed by atoms with Crippen molar-refractivity contribution in [3.05, 3.63) is 72.4 Å². The van der Waals surface area contributed by atoms with Crippen molar-refractivity contribution in [2.45, 2.75) is 64.5 Å². The number of hydrogen-bond donors (Lipinski definition) is 3. The third kappa shape index (κ3) is 9.29. The highest BCUT2D eigenvalue weighted by atomic mass is 16.6. The number of nitrogens with one attached hydrogen (secondary N) is 2. The zero-order chi connectivity index (χ0) is 36.7. The molecule has 1 saturated heterocycles. The number of pyridine rings is 1. The Bertz CT molecular complexity index is 1780. The number of primary amides is 1.